The lowest BCUT2D eigenvalue weighted by Crippen LogP contribution is -2.12. The molecule has 0 bridgehead atoms. The summed E-state index contributed by atoms with van der Waals surface area (Å²) in [6.07, 6.45) is 5.39. The van der Waals surface area contributed by atoms with E-state index in [1.807, 2.05) is 41.1 Å². The molecule has 3 rings (SSSR count). The van der Waals surface area contributed by atoms with Crippen LogP contribution in [0.4, 0.5) is 5.69 Å². The Kier molecular flexibility index (Phi) is 3.05. The van der Waals surface area contributed by atoms with Crippen LogP contribution in [0.25, 0.3) is 5.65 Å². The van der Waals surface area contributed by atoms with E-state index in [0.717, 1.165) is 15.8 Å². The van der Waals surface area contributed by atoms with Crippen LogP contribution in [0.1, 0.15) is 10.4 Å². The van der Waals surface area contributed by atoms with E-state index in [-0.39, 0.29) is 5.91 Å². The van der Waals surface area contributed by atoms with Crippen LogP contribution in [0.15, 0.2) is 59.5 Å². The normalized spacial score (nSPS) is 10.6. The highest BCUT2D eigenvalue weighted by Crippen LogP contribution is 2.14. The minimum Gasteiger partial charge on any atom is -0.321 e. The largest absolute Gasteiger partial charge is 0.321 e. The van der Waals surface area contributed by atoms with Gasteiger partial charge in [0.25, 0.3) is 5.91 Å². The smallest absolute Gasteiger partial charge is 0.255 e. The highest BCUT2D eigenvalue weighted by molar-refractivity contribution is 9.10. The van der Waals surface area contributed by atoms with E-state index < -0.39 is 0 Å². The predicted octanol–water partition coefficient (Wildman–Crippen LogP) is 3.35. The number of fused-ring (bicyclic) bond motifs is 1. The zero-order valence-corrected chi connectivity index (χ0v) is 11.5. The van der Waals surface area contributed by atoms with Crippen LogP contribution in [0.5, 0.6) is 0 Å². The Morgan fingerprint density at radius 2 is 1.95 bits per heavy atom. The average molecular weight is 316 g/mol. The molecule has 2 heterocycles. The number of carbonyl (C=O) groups excluding carboxylic acids is 1. The van der Waals surface area contributed by atoms with Crippen molar-refractivity contribution in [2.24, 2.45) is 0 Å². The maximum Gasteiger partial charge on any atom is 0.255 e. The summed E-state index contributed by atoms with van der Waals surface area (Å²) in [6.45, 7) is 0. The van der Waals surface area contributed by atoms with Crippen LogP contribution >= 0.6 is 15.9 Å². The Morgan fingerprint density at radius 1 is 1.16 bits per heavy atom. The van der Waals surface area contributed by atoms with E-state index in [4.69, 9.17) is 0 Å². The van der Waals surface area contributed by atoms with Crippen molar-refractivity contribution in [1.29, 1.82) is 0 Å². The van der Waals surface area contributed by atoms with Crippen LogP contribution in [0, 0.1) is 0 Å². The predicted molar refractivity (Wildman–Crippen MR) is 77.3 cm³/mol. The molecule has 0 saturated carbocycles. The molecular formula is C14H10BrN3O. The van der Waals surface area contributed by atoms with Crippen molar-refractivity contribution in [3.8, 4) is 0 Å². The third-order valence-electron chi connectivity index (χ3n) is 2.75. The number of aromatic nitrogens is 2. The lowest BCUT2D eigenvalue weighted by atomic mass is 10.2. The zero-order chi connectivity index (χ0) is 13.2. The number of hydrogen-bond donors (Lipinski definition) is 1. The SMILES string of the molecule is O=C(Nc1ccc2nccn2c1)c1ccc(Br)cc1. The van der Waals surface area contributed by atoms with Gasteiger partial charge < -0.3 is 9.72 Å². The summed E-state index contributed by atoms with van der Waals surface area (Å²) in [5, 5.41) is 2.86. The monoisotopic (exact) mass is 315 g/mol. The molecule has 0 saturated heterocycles. The topological polar surface area (TPSA) is 46.4 Å². The number of amides is 1. The molecule has 0 spiro atoms. The number of hydrogen-bond acceptors (Lipinski definition) is 2. The number of anilines is 1. The third kappa shape index (κ3) is 2.51. The standard InChI is InChI=1S/C14H10BrN3O/c15-11-3-1-10(2-4-11)14(19)17-12-5-6-13-16-7-8-18(13)9-12/h1-9H,(H,17,19). The van der Waals surface area contributed by atoms with Gasteiger partial charge in [0.05, 0.1) is 5.69 Å². The molecule has 4 nitrogen and oxygen atoms in total. The van der Waals surface area contributed by atoms with Gasteiger partial charge >= 0.3 is 0 Å². The first-order valence-corrected chi connectivity index (χ1v) is 6.51. The minimum atomic E-state index is -0.132. The lowest BCUT2D eigenvalue weighted by Gasteiger charge is -2.06. The molecule has 5 heteroatoms. The maximum atomic E-state index is 12.0. The molecule has 0 aliphatic carbocycles. The van der Waals surface area contributed by atoms with E-state index in [9.17, 15) is 4.79 Å². The quantitative estimate of drug-likeness (QED) is 0.788. The fourth-order valence-electron chi connectivity index (χ4n) is 1.80. The van der Waals surface area contributed by atoms with Crippen LogP contribution in [0.3, 0.4) is 0 Å². The Labute approximate surface area is 118 Å². The molecule has 1 aromatic carbocycles. The lowest BCUT2D eigenvalue weighted by molar-refractivity contribution is 0.102. The van der Waals surface area contributed by atoms with Crippen LogP contribution in [-0.2, 0) is 0 Å². The van der Waals surface area contributed by atoms with Crippen LogP contribution in [0.2, 0.25) is 0 Å². The molecule has 0 atom stereocenters. The molecule has 94 valence electrons. The summed E-state index contributed by atoms with van der Waals surface area (Å²) in [5.74, 6) is -0.132. The molecule has 0 unspecified atom stereocenters. The van der Waals surface area contributed by atoms with Gasteiger partial charge in [0.1, 0.15) is 5.65 Å². The number of benzene rings is 1. The minimum absolute atomic E-state index is 0.132. The number of nitrogens with zero attached hydrogens (tertiary/aromatic N) is 2. The average Bonchev–Trinajstić information content (AvgIpc) is 2.87. The van der Waals surface area contributed by atoms with Gasteiger partial charge in [0, 0.05) is 28.6 Å². The first kappa shape index (κ1) is 11.9. The van der Waals surface area contributed by atoms with Crippen LogP contribution in [-0.4, -0.2) is 15.3 Å². The summed E-state index contributed by atoms with van der Waals surface area (Å²) in [6, 6.07) is 10.9. The number of pyridine rings is 1. The number of imidazole rings is 1. The van der Waals surface area contributed by atoms with Gasteiger partial charge in [-0.05, 0) is 36.4 Å². The van der Waals surface area contributed by atoms with Crippen molar-refractivity contribution >= 4 is 33.2 Å². The second-order valence-electron chi connectivity index (χ2n) is 4.07. The molecule has 0 aliphatic heterocycles. The number of nitrogens with one attached hydrogen (secondary N) is 1. The molecule has 1 amide bonds. The van der Waals surface area contributed by atoms with Crippen molar-refractivity contribution in [2.75, 3.05) is 5.32 Å². The molecular weight excluding hydrogens is 306 g/mol. The van der Waals surface area contributed by atoms with E-state index in [1.165, 1.54) is 0 Å². The first-order valence-electron chi connectivity index (χ1n) is 5.72. The van der Waals surface area contributed by atoms with Crippen molar-refractivity contribution in [3.05, 3.63) is 65.0 Å². The van der Waals surface area contributed by atoms with Gasteiger partial charge in [-0.3, -0.25) is 4.79 Å². The van der Waals surface area contributed by atoms with Gasteiger partial charge in [-0.15, -0.1) is 0 Å². The van der Waals surface area contributed by atoms with E-state index in [1.54, 1.807) is 18.3 Å². The number of halogens is 1. The Morgan fingerprint density at radius 3 is 2.74 bits per heavy atom. The van der Waals surface area contributed by atoms with Gasteiger partial charge in [-0.25, -0.2) is 4.98 Å². The molecule has 0 aliphatic rings. The van der Waals surface area contributed by atoms with Crippen molar-refractivity contribution < 1.29 is 4.79 Å². The zero-order valence-electron chi connectivity index (χ0n) is 9.88. The Balaban J connectivity index is 1.83. The number of carbonyl (C=O) groups is 1. The van der Waals surface area contributed by atoms with Crippen molar-refractivity contribution in [1.82, 2.24) is 9.38 Å². The summed E-state index contributed by atoms with van der Waals surface area (Å²) >= 11 is 3.34. The highest BCUT2D eigenvalue weighted by atomic mass is 79.9. The Bertz CT molecular complexity index is 734. The van der Waals surface area contributed by atoms with Gasteiger partial charge in [-0.1, -0.05) is 15.9 Å². The van der Waals surface area contributed by atoms with Crippen LogP contribution < -0.4 is 5.32 Å². The molecule has 0 fully saturated rings. The molecule has 0 radical (unpaired) electrons. The highest BCUT2D eigenvalue weighted by Gasteiger charge is 2.06. The third-order valence-corrected chi connectivity index (χ3v) is 3.28. The van der Waals surface area contributed by atoms with E-state index in [2.05, 4.69) is 26.2 Å². The summed E-state index contributed by atoms with van der Waals surface area (Å²) in [4.78, 5) is 16.2. The van der Waals surface area contributed by atoms with Crippen molar-refractivity contribution in [2.45, 2.75) is 0 Å². The van der Waals surface area contributed by atoms with Gasteiger partial charge in [0.2, 0.25) is 0 Å². The number of rotatable bonds is 2. The second kappa shape index (κ2) is 4.85. The maximum absolute atomic E-state index is 12.0. The summed E-state index contributed by atoms with van der Waals surface area (Å²) in [5.41, 5.74) is 2.20. The Hall–Kier alpha value is -2.14. The summed E-state index contributed by atoms with van der Waals surface area (Å²) in [7, 11) is 0. The summed E-state index contributed by atoms with van der Waals surface area (Å²) < 4.78 is 2.81. The molecule has 1 N–H and O–H groups in total. The second-order valence-corrected chi connectivity index (χ2v) is 4.99. The first-order chi connectivity index (χ1) is 9.22. The van der Waals surface area contributed by atoms with Crippen molar-refractivity contribution in [3.63, 3.8) is 0 Å². The molecule has 2 aromatic heterocycles. The fraction of sp³-hybridized carbons (Fsp3) is 0. The molecule has 3 aromatic rings. The fourth-order valence-corrected chi connectivity index (χ4v) is 2.06. The van der Waals surface area contributed by atoms with Gasteiger partial charge in [0.15, 0.2) is 0 Å². The van der Waals surface area contributed by atoms with Gasteiger partial charge in [-0.2, -0.15) is 0 Å². The van der Waals surface area contributed by atoms with E-state index in [0.29, 0.717) is 5.56 Å². The van der Waals surface area contributed by atoms with E-state index >= 15 is 0 Å². The molecule has 19 heavy (non-hydrogen) atoms.